The zero-order valence-electron chi connectivity index (χ0n) is 15.3. The molecule has 0 aliphatic heterocycles. The van der Waals surface area contributed by atoms with Gasteiger partial charge in [0.15, 0.2) is 0 Å². The third-order valence-corrected chi connectivity index (χ3v) is 5.24. The molecule has 0 heterocycles. The molecule has 0 saturated heterocycles. The Kier molecular flexibility index (Phi) is 6.63. The van der Waals surface area contributed by atoms with Gasteiger partial charge in [0, 0.05) is 37.6 Å². The summed E-state index contributed by atoms with van der Waals surface area (Å²) in [4.78, 5) is 14.1. The summed E-state index contributed by atoms with van der Waals surface area (Å²) in [6.07, 6.45) is 1.86. The minimum atomic E-state index is -3.77. The number of hydrogen-bond acceptors (Lipinski definition) is 4. The molecule has 0 saturated carbocycles. The highest BCUT2D eigenvalue weighted by atomic mass is 32.2. The van der Waals surface area contributed by atoms with E-state index in [1.54, 1.807) is 24.3 Å². The second-order valence-electron chi connectivity index (χ2n) is 6.18. The Hall–Kier alpha value is -2.54. The van der Waals surface area contributed by atoms with Gasteiger partial charge in [0.05, 0.1) is 4.90 Å². The van der Waals surface area contributed by atoms with E-state index >= 15 is 0 Å². The lowest BCUT2D eigenvalue weighted by atomic mass is 10.2. The van der Waals surface area contributed by atoms with Crippen molar-refractivity contribution < 1.29 is 13.2 Å². The predicted molar refractivity (Wildman–Crippen MR) is 105 cm³/mol. The molecule has 0 unspecified atom stereocenters. The van der Waals surface area contributed by atoms with Gasteiger partial charge >= 0.3 is 0 Å². The van der Waals surface area contributed by atoms with Crippen LogP contribution in [-0.4, -0.2) is 35.0 Å². The number of carbonyl (C=O) groups excluding carboxylic acids is 1. The van der Waals surface area contributed by atoms with Crippen molar-refractivity contribution in [3.63, 3.8) is 0 Å². The SMILES string of the molecule is CCCCNC(=O)c1cccc(S(=O)(=O)Nc2ccc(N(C)C)cc2)c1. The van der Waals surface area contributed by atoms with Gasteiger partial charge in [-0.1, -0.05) is 19.4 Å². The Labute approximate surface area is 155 Å². The van der Waals surface area contributed by atoms with Gasteiger partial charge in [-0.05, 0) is 48.9 Å². The lowest BCUT2D eigenvalue weighted by molar-refractivity contribution is 0.0953. The average Bonchev–Trinajstić information content (AvgIpc) is 2.62. The van der Waals surface area contributed by atoms with Crippen LogP contribution in [0.5, 0.6) is 0 Å². The Balaban J connectivity index is 2.15. The Morgan fingerprint density at radius 3 is 2.38 bits per heavy atom. The van der Waals surface area contributed by atoms with Crippen LogP contribution in [0.4, 0.5) is 11.4 Å². The number of unbranched alkanes of at least 4 members (excludes halogenated alkanes) is 1. The largest absolute Gasteiger partial charge is 0.378 e. The summed E-state index contributed by atoms with van der Waals surface area (Å²) in [7, 11) is 0.0546. The highest BCUT2D eigenvalue weighted by Crippen LogP contribution is 2.20. The molecule has 2 N–H and O–H groups in total. The van der Waals surface area contributed by atoms with Crippen LogP contribution in [0.2, 0.25) is 0 Å². The van der Waals surface area contributed by atoms with Gasteiger partial charge in [-0.3, -0.25) is 9.52 Å². The van der Waals surface area contributed by atoms with Crippen LogP contribution in [0, 0.1) is 0 Å². The first kappa shape index (κ1) is 19.8. The molecular weight excluding hydrogens is 350 g/mol. The van der Waals surface area contributed by atoms with E-state index in [9.17, 15) is 13.2 Å². The lowest BCUT2D eigenvalue weighted by Gasteiger charge is -2.14. The molecule has 0 aliphatic rings. The van der Waals surface area contributed by atoms with E-state index in [1.165, 1.54) is 12.1 Å². The van der Waals surface area contributed by atoms with Crippen molar-refractivity contribution in [2.24, 2.45) is 0 Å². The molecule has 0 fully saturated rings. The number of hydrogen-bond donors (Lipinski definition) is 2. The van der Waals surface area contributed by atoms with Gasteiger partial charge in [0.25, 0.3) is 15.9 Å². The maximum absolute atomic E-state index is 12.6. The van der Waals surface area contributed by atoms with E-state index in [4.69, 9.17) is 0 Å². The summed E-state index contributed by atoms with van der Waals surface area (Å²) in [6.45, 7) is 2.61. The first-order chi connectivity index (χ1) is 12.3. The third kappa shape index (κ3) is 5.23. The van der Waals surface area contributed by atoms with Crippen molar-refractivity contribution in [1.82, 2.24) is 5.32 Å². The van der Waals surface area contributed by atoms with Crippen LogP contribution in [0.25, 0.3) is 0 Å². The fourth-order valence-electron chi connectivity index (χ4n) is 2.33. The van der Waals surface area contributed by atoms with E-state index in [-0.39, 0.29) is 10.8 Å². The van der Waals surface area contributed by atoms with Crippen LogP contribution in [0.1, 0.15) is 30.1 Å². The van der Waals surface area contributed by atoms with Crippen LogP contribution in [0.15, 0.2) is 53.4 Å². The summed E-state index contributed by atoms with van der Waals surface area (Å²) >= 11 is 0. The van der Waals surface area contributed by atoms with Crippen LogP contribution in [0.3, 0.4) is 0 Å². The fourth-order valence-corrected chi connectivity index (χ4v) is 3.43. The minimum Gasteiger partial charge on any atom is -0.378 e. The molecule has 0 radical (unpaired) electrons. The van der Waals surface area contributed by atoms with Crippen molar-refractivity contribution >= 4 is 27.3 Å². The number of sulfonamides is 1. The smallest absolute Gasteiger partial charge is 0.261 e. The van der Waals surface area contributed by atoms with Gasteiger partial charge < -0.3 is 10.2 Å². The molecule has 0 atom stereocenters. The summed E-state index contributed by atoms with van der Waals surface area (Å²) in [6, 6.07) is 13.1. The molecule has 2 aromatic rings. The fraction of sp³-hybridized carbons (Fsp3) is 0.316. The van der Waals surface area contributed by atoms with Gasteiger partial charge in [0.2, 0.25) is 0 Å². The first-order valence-corrected chi connectivity index (χ1v) is 10.0. The highest BCUT2D eigenvalue weighted by molar-refractivity contribution is 7.92. The number of nitrogens with one attached hydrogen (secondary N) is 2. The molecule has 2 aromatic carbocycles. The van der Waals surface area contributed by atoms with Gasteiger partial charge in [-0.25, -0.2) is 8.42 Å². The molecule has 140 valence electrons. The summed E-state index contributed by atoms with van der Waals surface area (Å²) in [5.41, 5.74) is 1.76. The third-order valence-electron chi connectivity index (χ3n) is 3.86. The Morgan fingerprint density at radius 2 is 1.77 bits per heavy atom. The van der Waals surface area contributed by atoms with E-state index in [0.717, 1.165) is 18.5 Å². The molecule has 2 rings (SSSR count). The molecule has 0 spiro atoms. The monoisotopic (exact) mass is 375 g/mol. The van der Waals surface area contributed by atoms with Crippen molar-refractivity contribution in [3.05, 3.63) is 54.1 Å². The number of benzene rings is 2. The molecule has 0 aliphatic carbocycles. The normalized spacial score (nSPS) is 11.0. The van der Waals surface area contributed by atoms with E-state index in [0.29, 0.717) is 17.8 Å². The second-order valence-corrected chi connectivity index (χ2v) is 7.87. The quantitative estimate of drug-likeness (QED) is 0.695. The zero-order chi connectivity index (χ0) is 19.2. The van der Waals surface area contributed by atoms with E-state index in [1.807, 2.05) is 38.1 Å². The van der Waals surface area contributed by atoms with Crippen molar-refractivity contribution in [1.29, 1.82) is 0 Å². The van der Waals surface area contributed by atoms with Crippen molar-refractivity contribution in [3.8, 4) is 0 Å². The van der Waals surface area contributed by atoms with Crippen LogP contribution in [-0.2, 0) is 10.0 Å². The molecule has 26 heavy (non-hydrogen) atoms. The van der Waals surface area contributed by atoms with Gasteiger partial charge in [-0.2, -0.15) is 0 Å². The maximum Gasteiger partial charge on any atom is 0.261 e. The molecule has 7 heteroatoms. The van der Waals surface area contributed by atoms with Crippen LogP contribution < -0.4 is 14.9 Å². The molecule has 0 aromatic heterocycles. The Bertz CT molecular complexity index is 847. The van der Waals surface area contributed by atoms with E-state index in [2.05, 4.69) is 10.0 Å². The number of nitrogens with zero attached hydrogens (tertiary/aromatic N) is 1. The average molecular weight is 375 g/mol. The standard InChI is InChI=1S/C19H25N3O3S/c1-4-5-13-20-19(23)15-7-6-8-18(14-15)26(24,25)21-16-9-11-17(12-10-16)22(2)3/h6-12,14,21H,4-5,13H2,1-3H3,(H,20,23). The van der Waals surface area contributed by atoms with Gasteiger partial charge in [-0.15, -0.1) is 0 Å². The number of amides is 1. The molecule has 1 amide bonds. The van der Waals surface area contributed by atoms with Crippen LogP contribution >= 0.6 is 0 Å². The Morgan fingerprint density at radius 1 is 1.08 bits per heavy atom. The number of carbonyl (C=O) groups is 1. The summed E-state index contributed by atoms with van der Waals surface area (Å²) < 4.78 is 27.7. The van der Waals surface area contributed by atoms with Crippen molar-refractivity contribution in [2.45, 2.75) is 24.7 Å². The predicted octanol–water partition coefficient (Wildman–Crippen LogP) is 3.08. The number of rotatable bonds is 8. The molecule has 0 bridgehead atoms. The highest BCUT2D eigenvalue weighted by Gasteiger charge is 2.16. The van der Waals surface area contributed by atoms with Gasteiger partial charge in [0.1, 0.15) is 0 Å². The molecular formula is C19H25N3O3S. The first-order valence-electron chi connectivity index (χ1n) is 8.52. The topological polar surface area (TPSA) is 78.5 Å². The van der Waals surface area contributed by atoms with E-state index < -0.39 is 10.0 Å². The molecule has 6 nitrogen and oxygen atoms in total. The van der Waals surface area contributed by atoms with Crippen molar-refractivity contribution in [2.75, 3.05) is 30.3 Å². The summed E-state index contributed by atoms with van der Waals surface area (Å²) in [5, 5.41) is 2.79. The maximum atomic E-state index is 12.6. The minimum absolute atomic E-state index is 0.0531. The zero-order valence-corrected chi connectivity index (χ0v) is 16.1. The second kappa shape index (κ2) is 8.71. The lowest BCUT2D eigenvalue weighted by Crippen LogP contribution is -2.24. The number of anilines is 2. The summed E-state index contributed by atoms with van der Waals surface area (Å²) in [5.74, 6) is -0.272.